The quantitative estimate of drug-likeness (QED) is 0.640. The molecule has 0 aromatic rings. The molecule has 0 rings (SSSR count). The van der Waals surface area contributed by atoms with E-state index in [4.69, 9.17) is 0 Å². The van der Waals surface area contributed by atoms with Crippen LogP contribution < -0.4 is 0 Å². The van der Waals surface area contributed by atoms with E-state index in [1.165, 1.54) is 0 Å². The van der Waals surface area contributed by atoms with Gasteiger partial charge in [-0.2, -0.15) is 8.42 Å². The first-order chi connectivity index (χ1) is 6.37. The van der Waals surface area contributed by atoms with Crippen LogP contribution in [0.25, 0.3) is 0 Å². The van der Waals surface area contributed by atoms with Crippen molar-refractivity contribution in [3.8, 4) is 0 Å². The normalized spacial score (nSPS) is 11.7. The third-order valence-corrected chi connectivity index (χ3v) is 2.55. The number of alkyl halides is 1. The molecule has 0 bridgehead atoms. The van der Waals surface area contributed by atoms with Crippen LogP contribution >= 0.6 is 0 Å². The van der Waals surface area contributed by atoms with Gasteiger partial charge in [-0.3, -0.25) is 9.18 Å². The van der Waals surface area contributed by atoms with Crippen molar-refractivity contribution in [3.63, 3.8) is 0 Å². The summed E-state index contributed by atoms with van der Waals surface area (Å²) in [6.45, 7) is 2.81. The predicted octanol–water partition coefficient (Wildman–Crippen LogP) is 1.27. The highest BCUT2D eigenvalue weighted by molar-refractivity contribution is 7.87. The number of carbonyl (C=O) groups is 1. The first-order valence-electron chi connectivity index (χ1n) is 4.38. The van der Waals surface area contributed by atoms with Gasteiger partial charge in [0.05, 0.1) is 12.4 Å². The van der Waals surface area contributed by atoms with Gasteiger partial charge in [-0.1, -0.05) is 13.8 Å². The molecule has 0 fully saturated rings. The zero-order valence-corrected chi connectivity index (χ0v) is 9.14. The van der Waals surface area contributed by atoms with Gasteiger partial charge >= 0.3 is 16.1 Å². The van der Waals surface area contributed by atoms with E-state index in [2.05, 4.69) is 4.18 Å². The molecule has 0 saturated carbocycles. The highest BCUT2D eigenvalue weighted by atomic mass is 32.2. The molecule has 14 heavy (non-hydrogen) atoms. The van der Waals surface area contributed by atoms with Crippen LogP contribution in [0.1, 0.15) is 26.7 Å². The summed E-state index contributed by atoms with van der Waals surface area (Å²) in [6.07, 6.45) is -0.0911. The van der Waals surface area contributed by atoms with E-state index >= 15 is 0 Å². The van der Waals surface area contributed by atoms with Gasteiger partial charge in [-0.05, 0) is 12.3 Å². The van der Waals surface area contributed by atoms with Crippen molar-refractivity contribution >= 4 is 16.1 Å². The number of halogens is 1. The molecular formula is C8H15FO4S. The third kappa shape index (κ3) is 6.82. The van der Waals surface area contributed by atoms with Crippen LogP contribution in [0, 0.1) is 5.92 Å². The average Bonchev–Trinajstić information content (AvgIpc) is 1.98. The van der Waals surface area contributed by atoms with Crippen LogP contribution in [0.2, 0.25) is 0 Å². The van der Waals surface area contributed by atoms with Crippen molar-refractivity contribution in [2.24, 2.45) is 5.92 Å². The molecule has 0 spiro atoms. The van der Waals surface area contributed by atoms with Crippen molar-refractivity contribution in [3.05, 3.63) is 0 Å². The van der Waals surface area contributed by atoms with Gasteiger partial charge in [0.2, 0.25) is 0 Å². The van der Waals surface area contributed by atoms with Crippen molar-refractivity contribution in [1.29, 1.82) is 0 Å². The number of carbonyl (C=O) groups excluding carboxylic acids is 1. The number of rotatable bonds is 6. The Morgan fingerprint density at radius 3 is 2.43 bits per heavy atom. The van der Waals surface area contributed by atoms with E-state index in [0.29, 0.717) is 0 Å². The Balaban J connectivity index is 4.03. The Hall–Kier alpha value is -0.650. The van der Waals surface area contributed by atoms with Gasteiger partial charge in [-0.15, -0.1) is 0 Å². The molecule has 0 heterocycles. The zero-order valence-electron chi connectivity index (χ0n) is 8.32. The molecule has 0 aromatic carbocycles. The molecule has 6 heteroatoms. The molecule has 0 aliphatic carbocycles. The Morgan fingerprint density at radius 2 is 2.00 bits per heavy atom. The molecule has 84 valence electrons. The highest BCUT2D eigenvalue weighted by Gasteiger charge is 2.17. The van der Waals surface area contributed by atoms with E-state index in [9.17, 15) is 17.6 Å². The van der Waals surface area contributed by atoms with Crippen molar-refractivity contribution in [2.45, 2.75) is 26.7 Å². The molecule has 0 radical (unpaired) electrons. The lowest BCUT2D eigenvalue weighted by molar-refractivity contribution is -0.134. The maximum absolute atomic E-state index is 11.7. The van der Waals surface area contributed by atoms with E-state index in [-0.39, 0.29) is 18.8 Å². The summed E-state index contributed by atoms with van der Waals surface area (Å²) in [6, 6.07) is 0. The SMILES string of the molecule is CC(C)CC(=O)OS(=O)(=O)CCCF. The Kier molecular flexibility index (Phi) is 5.68. The first-order valence-corrected chi connectivity index (χ1v) is 5.96. The summed E-state index contributed by atoms with van der Waals surface area (Å²) in [7, 11) is -3.88. The lowest BCUT2D eigenvalue weighted by atomic mass is 10.1. The summed E-state index contributed by atoms with van der Waals surface area (Å²) >= 11 is 0. The first kappa shape index (κ1) is 13.4. The van der Waals surface area contributed by atoms with Crippen LogP contribution in [0.3, 0.4) is 0 Å². The second-order valence-electron chi connectivity index (χ2n) is 3.36. The maximum atomic E-state index is 11.7. The van der Waals surface area contributed by atoms with E-state index in [0.717, 1.165) is 0 Å². The van der Waals surface area contributed by atoms with E-state index in [1.807, 2.05) is 0 Å². The number of hydrogen-bond donors (Lipinski definition) is 0. The van der Waals surface area contributed by atoms with Crippen LogP contribution in [0.5, 0.6) is 0 Å². The molecule has 0 aliphatic rings. The van der Waals surface area contributed by atoms with Crippen molar-refractivity contribution in [2.75, 3.05) is 12.4 Å². The second kappa shape index (κ2) is 5.95. The molecule has 0 aliphatic heterocycles. The minimum absolute atomic E-state index is 0.0406. The smallest absolute Gasteiger partial charge is 0.322 e. The van der Waals surface area contributed by atoms with Gasteiger partial charge in [0.25, 0.3) is 0 Å². The van der Waals surface area contributed by atoms with E-state index in [1.54, 1.807) is 13.8 Å². The molecule has 0 N–H and O–H groups in total. The molecule has 0 saturated heterocycles. The fourth-order valence-electron chi connectivity index (χ4n) is 0.782. The molecule has 4 nitrogen and oxygen atoms in total. The van der Waals surface area contributed by atoms with Gasteiger partial charge in [0.1, 0.15) is 0 Å². The molecule has 0 aromatic heterocycles. The summed E-state index contributed by atoms with van der Waals surface area (Å²) in [5.74, 6) is -1.19. The van der Waals surface area contributed by atoms with Crippen LogP contribution in [-0.2, 0) is 19.1 Å². The van der Waals surface area contributed by atoms with Gasteiger partial charge in [-0.25, -0.2) is 0 Å². The number of hydrogen-bond acceptors (Lipinski definition) is 4. The lowest BCUT2D eigenvalue weighted by Gasteiger charge is -2.05. The minimum atomic E-state index is -3.88. The predicted molar refractivity (Wildman–Crippen MR) is 49.9 cm³/mol. The largest absolute Gasteiger partial charge is 0.346 e. The Bertz CT molecular complexity index is 271. The monoisotopic (exact) mass is 226 g/mol. The zero-order chi connectivity index (χ0) is 11.2. The Labute approximate surface area is 83.6 Å². The van der Waals surface area contributed by atoms with Crippen LogP contribution in [0.15, 0.2) is 0 Å². The average molecular weight is 226 g/mol. The minimum Gasteiger partial charge on any atom is -0.346 e. The highest BCUT2D eigenvalue weighted by Crippen LogP contribution is 2.05. The Morgan fingerprint density at radius 1 is 1.43 bits per heavy atom. The fourth-order valence-corrected chi connectivity index (χ4v) is 1.68. The van der Waals surface area contributed by atoms with Crippen molar-refractivity contribution < 1.29 is 21.8 Å². The summed E-state index contributed by atoms with van der Waals surface area (Å²) in [5.41, 5.74) is 0. The molecule has 0 unspecified atom stereocenters. The lowest BCUT2D eigenvalue weighted by Crippen LogP contribution is -2.17. The second-order valence-corrected chi connectivity index (χ2v) is 5.05. The molecule has 0 atom stereocenters. The summed E-state index contributed by atoms with van der Waals surface area (Å²) < 4.78 is 37.8. The van der Waals surface area contributed by atoms with Crippen LogP contribution in [-0.4, -0.2) is 26.8 Å². The fraction of sp³-hybridized carbons (Fsp3) is 0.875. The maximum Gasteiger partial charge on any atom is 0.322 e. The topological polar surface area (TPSA) is 60.4 Å². The molecular weight excluding hydrogens is 211 g/mol. The summed E-state index contributed by atoms with van der Waals surface area (Å²) in [4.78, 5) is 10.9. The van der Waals surface area contributed by atoms with Gasteiger partial charge in [0, 0.05) is 6.42 Å². The van der Waals surface area contributed by atoms with Gasteiger partial charge < -0.3 is 4.18 Å². The van der Waals surface area contributed by atoms with E-state index < -0.39 is 28.5 Å². The molecule has 0 amide bonds. The summed E-state index contributed by atoms with van der Waals surface area (Å²) in [5, 5.41) is 0. The van der Waals surface area contributed by atoms with Crippen molar-refractivity contribution in [1.82, 2.24) is 0 Å². The standard InChI is InChI=1S/C8H15FO4S/c1-7(2)6-8(10)13-14(11,12)5-3-4-9/h7H,3-6H2,1-2H3. The third-order valence-electron chi connectivity index (χ3n) is 1.32. The van der Waals surface area contributed by atoms with Crippen LogP contribution in [0.4, 0.5) is 4.39 Å². The van der Waals surface area contributed by atoms with Gasteiger partial charge in [0.15, 0.2) is 0 Å².